The van der Waals surface area contributed by atoms with E-state index in [4.69, 9.17) is 5.73 Å². The Balaban J connectivity index is 2.86. The summed E-state index contributed by atoms with van der Waals surface area (Å²) in [5, 5.41) is 0. The number of benzene rings is 1. The Morgan fingerprint density at radius 3 is 2.93 bits per heavy atom. The third-order valence-electron chi connectivity index (χ3n) is 2.00. The van der Waals surface area contributed by atoms with Gasteiger partial charge in [0.1, 0.15) is 5.82 Å². The van der Waals surface area contributed by atoms with Crippen LogP contribution in [0.5, 0.6) is 0 Å². The van der Waals surface area contributed by atoms with Crippen molar-refractivity contribution >= 4 is 21.9 Å². The van der Waals surface area contributed by atoms with Crippen LogP contribution in [0.1, 0.15) is 18.0 Å². The zero-order valence-electron chi connectivity index (χ0n) is 8.17. The van der Waals surface area contributed by atoms with E-state index in [0.29, 0.717) is 10.0 Å². The Hall–Kier alpha value is -0.940. The summed E-state index contributed by atoms with van der Waals surface area (Å²) in [6.07, 6.45) is 0.0263. The summed E-state index contributed by atoms with van der Waals surface area (Å²) in [6, 6.07) is 3.97. The fraction of sp³-hybridized carbons (Fsp3) is 0.300. The molecule has 82 valence electrons. The quantitative estimate of drug-likeness (QED) is 0.860. The molecule has 0 spiro atoms. The number of halogens is 2. The number of nitrogens with two attached hydrogens (primary N) is 1. The van der Waals surface area contributed by atoms with Crippen molar-refractivity contribution in [3.05, 3.63) is 34.1 Å². The van der Waals surface area contributed by atoms with Gasteiger partial charge in [0, 0.05) is 6.04 Å². The predicted octanol–water partition coefficient (Wildman–Crippen LogP) is 2.15. The summed E-state index contributed by atoms with van der Waals surface area (Å²) in [5.74, 6) is -0.813. The van der Waals surface area contributed by atoms with Gasteiger partial charge >= 0.3 is 5.97 Å². The number of methoxy groups -OCH3 is 1. The van der Waals surface area contributed by atoms with Gasteiger partial charge < -0.3 is 10.5 Å². The highest BCUT2D eigenvalue weighted by Gasteiger charge is 2.16. The normalized spacial score (nSPS) is 12.3. The van der Waals surface area contributed by atoms with Gasteiger partial charge in [0.15, 0.2) is 0 Å². The standard InChI is InChI=1S/C10H11BrFNO2/c1-15-9(14)5-8(13)6-3-2-4-7(12)10(6)11/h2-4,8H,5,13H2,1H3. The van der Waals surface area contributed by atoms with Crippen LogP contribution in [0.3, 0.4) is 0 Å². The summed E-state index contributed by atoms with van der Waals surface area (Å²) in [4.78, 5) is 11.0. The van der Waals surface area contributed by atoms with Gasteiger partial charge in [0.25, 0.3) is 0 Å². The van der Waals surface area contributed by atoms with Crippen molar-refractivity contribution in [1.29, 1.82) is 0 Å². The average molecular weight is 276 g/mol. The highest BCUT2D eigenvalue weighted by atomic mass is 79.9. The molecule has 0 saturated carbocycles. The van der Waals surface area contributed by atoms with E-state index in [1.165, 1.54) is 13.2 Å². The van der Waals surface area contributed by atoms with E-state index in [9.17, 15) is 9.18 Å². The van der Waals surface area contributed by atoms with Gasteiger partial charge in [-0.3, -0.25) is 4.79 Å². The summed E-state index contributed by atoms with van der Waals surface area (Å²) in [6.45, 7) is 0. The van der Waals surface area contributed by atoms with E-state index < -0.39 is 17.8 Å². The lowest BCUT2D eigenvalue weighted by atomic mass is 10.0. The van der Waals surface area contributed by atoms with Crippen LogP contribution in [0.15, 0.2) is 22.7 Å². The Kier molecular flexibility index (Phi) is 4.23. The zero-order valence-corrected chi connectivity index (χ0v) is 9.75. The van der Waals surface area contributed by atoms with Gasteiger partial charge in [-0.2, -0.15) is 0 Å². The Morgan fingerprint density at radius 1 is 1.67 bits per heavy atom. The van der Waals surface area contributed by atoms with Crippen LogP contribution < -0.4 is 5.73 Å². The second-order valence-corrected chi connectivity index (χ2v) is 3.82. The molecule has 1 aromatic carbocycles. The molecule has 0 fully saturated rings. The van der Waals surface area contributed by atoms with Crippen LogP contribution >= 0.6 is 15.9 Å². The van der Waals surface area contributed by atoms with E-state index in [2.05, 4.69) is 20.7 Å². The first-order valence-corrected chi connectivity index (χ1v) is 5.12. The molecule has 0 aliphatic heterocycles. The maximum absolute atomic E-state index is 13.1. The summed E-state index contributed by atoms with van der Waals surface area (Å²) < 4.78 is 17.9. The van der Waals surface area contributed by atoms with Gasteiger partial charge in [-0.25, -0.2) is 4.39 Å². The fourth-order valence-corrected chi connectivity index (χ4v) is 1.74. The molecule has 2 N–H and O–H groups in total. The second-order valence-electron chi connectivity index (χ2n) is 3.03. The number of esters is 1. The number of ether oxygens (including phenoxy) is 1. The monoisotopic (exact) mass is 275 g/mol. The largest absolute Gasteiger partial charge is 0.469 e. The SMILES string of the molecule is COC(=O)CC(N)c1cccc(F)c1Br. The second kappa shape index (κ2) is 5.23. The third kappa shape index (κ3) is 3.00. The first-order chi connectivity index (χ1) is 7.06. The average Bonchev–Trinajstić information content (AvgIpc) is 2.21. The van der Waals surface area contributed by atoms with Crippen molar-refractivity contribution in [2.45, 2.75) is 12.5 Å². The van der Waals surface area contributed by atoms with Gasteiger partial charge in [-0.15, -0.1) is 0 Å². The maximum atomic E-state index is 13.1. The molecule has 0 aromatic heterocycles. The molecule has 0 radical (unpaired) electrons. The molecule has 3 nitrogen and oxygen atoms in total. The Labute approximate surface area is 95.5 Å². The molecular weight excluding hydrogens is 265 g/mol. The lowest BCUT2D eigenvalue weighted by Crippen LogP contribution is -2.17. The predicted molar refractivity (Wildman–Crippen MR) is 57.7 cm³/mol. The lowest BCUT2D eigenvalue weighted by molar-refractivity contribution is -0.141. The van der Waals surface area contributed by atoms with Crippen molar-refractivity contribution in [1.82, 2.24) is 0 Å². The number of hydrogen-bond donors (Lipinski definition) is 1. The van der Waals surface area contributed by atoms with Gasteiger partial charge in [-0.1, -0.05) is 12.1 Å². The van der Waals surface area contributed by atoms with E-state index >= 15 is 0 Å². The van der Waals surface area contributed by atoms with Crippen LogP contribution in [-0.2, 0) is 9.53 Å². The molecule has 0 bridgehead atoms. The van der Waals surface area contributed by atoms with Gasteiger partial charge in [0.2, 0.25) is 0 Å². The number of carbonyl (C=O) groups excluding carboxylic acids is 1. The topological polar surface area (TPSA) is 52.3 Å². The van der Waals surface area contributed by atoms with Crippen molar-refractivity contribution in [2.24, 2.45) is 5.73 Å². The molecule has 1 atom stereocenters. The minimum absolute atomic E-state index is 0.0263. The Bertz CT molecular complexity index is 370. The summed E-state index contributed by atoms with van der Waals surface area (Å²) >= 11 is 3.09. The van der Waals surface area contributed by atoms with E-state index in [-0.39, 0.29) is 6.42 Å². The van der Waals surface area contributed by atoms with Crippen molar-refractivity contribution in [2.75, 3.05) is 7.11 Å². The minimum atomic E-state index is -0.567. The molecule has 0 aliphatic rings. The van der Waals surface area contributed by atoms with E-state index in [0.717, 1.165) is 0 Å². The molecule has 1 rings (SSSR count). The molecule has 0 heterocycles. The minimum Gasteiger partial charge on any atom is -0.469 e. The van der Waals surface area contributed by atoms with Gasteiger partial charge in [-0.05, 0) is 27.6 Å². The van der Waals surface area contributed by atoms with Crippen LogP contribution in [-0.4, -0.2) is 13.1 Å². The van der Waals surface area contributed by atoms with Crippen molar-refractivity contribution in [3.8, 4) is 0 Å². The van der Waals surface area contributed by atoms with E-state index in [1.54, 1.807) is 12.1 Å². The molecule has 0 saturated heterocycles. The van der Waals surface area contributed by atoms with Gasteiger partial charge in [0.05, 0.1) is 18.0 Å². The highest BCUT2D eigenvalue weighted by Crippen LogP contribution is 2.26. The number of rotatable bonds is 3. The van der Waals surface area contributed by atoms with Crippen LogP contribution in [0.25, 0.3) is 0 Å². The number of hydrogen-bond acceptors (Lipinski definition) is 3. The smallest absolute Gasteiger partial charge is 0.307 e. The maximum Gasteiger partial charge on any atom is 0.307 e. The molecule has 0 amide bonds. The zero-order chi connectivity index (χ0) is 11.4. The van der Waals surface area contributed by atoms with Crippen LogP contribution in [0.2, 0.25) is 0 Å². The first-order valence-electron chi connectivity index (χ1n) is 4.32. The molecule has 1 aromatic rings. The first kappa shape index (κ1) is 12.1. The lowest BCUT2D eigenvalue weighted by Gasteiger charge is -2.12. The molecular formula is C10H11BrFNO2. The highest BCUT2D eigenvalue weighted by molar-refractivity contribution is 9.10. The van der Waals surface area contributed by atoms with E-state index in [1.807, 2.05) is 0 Å². The fourth-order valence-electron chi connectivity index (χ4n) is 1.18. The molecule has 5 heteroatoms. The summed E-state index contributed by atoms with van der Waals surface area (Å²) in [7, 11) is 1.29. The Morgan fingerprint density at radius 2 is 2.33 bits per heavy atom. The number of carbonyl (C=O) groups is 1. The summed E-state index contributed by atoms with van der Waals surface area (Å²) in [5.41, 5.74) is 6.30. The third-order valence-corrected chi connectivity index (χ3v) is 2.83. The van der Waals surface area contributed by atoms with Crippen molar-refractivity contribution < 1.29 is 13.9 Å². The molecule has 1 unspecified atom stereocenters. The molecule has 15 heavy (non-hydrogen) atoms. The van der Waals surface area contributed by atoms with Crippen LogP contribution in [0.4, 0.5) is 4.39 Å². The molecule has 0 aliphatic carbocycles. The van der Waals surface area contributed by atoms with Crippen molar-refractivity contribution in [3.63, 3.8) is 0 Å². The van der Waals surface area contributed by atoms with Crippen LogP contribution in [0, 0.1) is 5.82 Å².